The molecule has 1 fully saturated rings. The van der Waals surface area contributed by atoms with Gasteiger partial charge in [0.15, 0.2) is 5.82 Å². The lowest BCUT2D eigenvalue weighted by Crippen LogP contribution is -2.40. The number of anilines is 1. The minimum absolute atomic E-state index is 0.144. The number of benzene rings is 1. The number of aromatic nitrogens is 3. The number of hydrogen-bond acceptors (Lipinski definition) is 7. The summed E-state index contributed by atoms with van der Waals surface area (Å²) in [5, 5.41) is 11.4. The molecule has 0 radical (unpaired) electrons. The van der Waals surface area contributed by atoms with Gasteiger partial charge in [0.05, 0.1) is 36.4 Å². The van der Waals surface area contributed by atoms with Gasteiger partial charge in [0.1, 0.15) is 17.9 Å². The highest BCUT2D eigenvalue weighted by atomic mass is 16.5. The number of imidazole rings is 1. The summed E-state index contributed by atoms with van der Waals surface area (Å²) >= 11 is 0. The molecule has 9 heteroatoms. The molecule has 3 aromatic rings. The zero-order valence-electron chi connectivity index (χ0n) is 19.6. The standard InChI is InChI=1S/C24H33N5O4/c1-4-32-14-19-27-21-22(29(19)15-24(2,3)31)17-7-5-16(13-18(17)26-23(21)25)6-8-20(30)28-9-11-33-12-10-28/h5,7,13,31H,4,6,8-12,14-15H2,1-3H3,(H2,25,26). The van der Waals surface area contributed by atoms with Crippen LogP contribution in [0, 0.1) is 0 Å². The Labute approximate surface area is 193 Å². The normalized spacial score (nSPS) is 15.0. The number of nitrogens with zero attached hydrogens (tertiary/aromatic N) is 4. The number of morpholine rings is 1. The van der Waals surface area contributed by atoms with E-state index in [9.17, 15) is 9.90 Å². The van der Waals surface area contributed by atoms with Gasteiger partial charge in [0, 0.05) is 31.5 Å². The molecule has 0 aliphatic carbocycles. The third kappa shape index (κ3) is 5.26. The summed E-state index contributed by atoms with van der Waals surface area (Å²) in [5.74, 6) is 1.19. The van der Waals surface area contributed by atoms with E-state index < -0.39 is 5.60 Å². The molecule has 0 atom stereocenters. The highest BCUT2D eigenvalue weighted by Crippen LogP contribution is 2.31. The number of fused-ring (bicyclic) bond motifs is 3. The lowest BCUT2D eigenvalue weighted by atomic mass is 10.0. The highest BCUT2D eigenvalue weighted by molar-refractivity contribution is 6.06. The van der Waals surface area contributed by atoms with Crippen LogP contribution in [0.15, 0.2) is 18.2 Å². The maximum absolute atomic E-state index is 12.5. The number of hydrogen-bond donors (Lipinski definition) is 2. The van der Waals surface area contributed by atoms with E-state index in [4.69, 9.17) is 20.2 Å². The van der Waals surface area contributed by atoms with E-state index in [0.717, 1.165) is 22.0 Å². The Balaban J connectivity index is 1.68. The first kappa shape index (κ1) is 23.4. The molecule has 9 nitrogen and oxygen atoms in total. The van der Waals surface area contributed by atoms with Gasteiger partial charge in [-0.05, 0) is 38.8 Å². The molecule has 3 heterocycles. The highest BCUT2D eigenvalue weighted by Gasteiger charge is 2.23. The number of pyridine rings is 1. The number of aryl methyl sites for hydroxylation is 1. The van der Waals surface area contributed by atoms with Crippen molar-refractivity contribution >= 4 is 33.7 Å². The van der Waals surface area contributed by atoms with Crippen LogP contribution in [-0.4, -0.2) is 69.0 Å². The maximum atomic E-state index is 12.5. The van der Waals surface area contributed by atoms with Gasteiger partial charge < -0.3 is 29.8 Å². The van der Waals surface area contributed by atoms with Crippen LogP contribution in [0.25, 0.3) is 21.9 Å². The molecule has 2 aromatic heterocycles. The summed E-state index contributed by atoms with van der Waals surface area (Å²) < 4.78 is 12.9. The van der Waals surface area contributed by atoms with Gasteiger partial charge in [-0.15, -0.1) is 0 Å². The Morgan fingerprint density at radius 1 is 1.27 bits per heavy atom. The second kappa shape index (κ2) is 9.62. The first-order valence-corrected chi connectivity index (χ1v) is 11.5. The van der Waals surface area contributed by atoms with Crippen LogP contribution < -0.4 is 5.73 Å². The molecule has 1 aliphatic heterocycles. The van der Waals surface area contributed by atoms with Gasteiger partial charge in [-0.1, -0.05) is 12.1 Å². The van der Waals surface area contributed by atoms with Crippen molar-refractivity contribution in [3.05, 3.63) is 29.6 Å². The Hall–Kier alpha value is -2.75. The number of nitrogen functional groups attached to an aromatic ring is 1. The Bertz CT molecular complexity index is 1150. The number of rotatable bonds is 8. The fraction of sp³-hybridized carbons (Fsp3) is 0.542. The molecule has 1 saturated heterocycles. The fourth-order valence-corrected chi connectivity index (χ4v) is 4.24. The van der Waals surface area contributed by atoms with Crippen molar-refractivity contribution in [1.82, 2.24) is 19.4 Å². The molecule has 3 N–H and O–H groups in total. The van der Waals surface area contributed by atoms with E-state index in [0.29, 0.717) is 76.1 Å². The van der Waals surface area contributed by atoms with Crippen molar-refractivity contribution in [3.8, 4) is 0 Å². The minimum atomic E-state index is -0.946. The summed E-state index contributed by atoms with van der Waals surface area (Å²) in [5.41, 5.74) is 8.58. The molecule has 0 bridgehead atoms. The van der Waals surface area contributed by atoms with Gasteiger partial charge in [0.25, 0.3) is 0 Å². The second-order valence-electron chi connectivity index (χ2n) is 9.10. The van der Waals surface area contributed by atoms with Gasteiger partial charge in [-0.3, -0.25) is 4.79 Å². The number of carbonyl (C=O) groups is 1. The largest absolute Gasteiger partial charge is 0.389 e. The Kier molecular flexibility index (Phi) is 6.83. The molecule has 1 aromatic carbocycles. The van der Waals surface area contributed by atoms with E-state index in [1.165, 1.54) is 0 Å². The summed E-state index contributed by atoms with van der Waals surface area (Å²) in [7, 11) is 0. The fourth-order valence-electron chi connectivity index (χ4n) is 4.24. The number of amides is 1. The molecule has 178 valence electrons. The number of ether oxygens (including phenoxy) is 2. The predicted molar refractivity (Wildman–Crippen MR) is 127 cm³/mol. The van der Waals surface area contributed by atoms with Crippen LogP contribution in [-0.2, 0) is 33.8 Å². The number of aliphatic hydroxyl groups is 1. The number of nitrogens with two attached hydrogens (primary N) is 1. The van der Waals surface area contributed by atoms with E-state index >= 15 is 0 Å². The third-order valence-electron chi connectivity index (χ3n) is 5.82. The van der Waals surface area contributed by atoms with E-state index in [1.54, 1.807) is 13.8 Å². The molecular weight excluding hydrogens is 422 g/mol. The van der Waals surface area contributed by atoms with Gasteiger partial charge in [-0.2, -0.15) is 0 Å². The Morgan fingerprint density at radius 2 is 2.03 bits per heavy atom. The summed E-state index contributed by atoms with van der Waals surface area (Å²) in [6.07, 6.45) is 1.07. The van der Waals surface area contributed by atoms with Gasteiger partial charge in [0.2, 0.25) is 5.91 Å². The molecular formula is C24H33N5O4. The van der Waals surface area contributed by atoms with Crippen LogP contribution >= 0.6 is 0 Å². The first-order valence-electron chi connectivity index (χ1n) is 11.5. The summed E-state index contributed by atoms with van der Waals surface area (Å²) in [6.45, 7) is 9.20. The van der Waals surface area contributed by atoms with Crippen LogP contribution in [0.1, 0.15) is 38.6 Å². The van der Waals surface area contributed by atoms with Crippen molar-refractivity contribution in [1.29, 1.82) is 0 Å². The average molecular weight is 456 g/mol. The van der Waals surface area contributed by atoms with Gasteiger partial charge >= 0.3 is 0 Å². The van der Waals surface area contributed by atoms with Crippen LogP contribution in [0.5, 0.6) is 0 Å². The molecule has 1 aliphatic rings. The molecule has 0 spiro atoms. The van der Waals surface area contributed by atoms with Crippen molar-refractivity contribution in [2.24, 2.45) is 0 Å². The molecule has 0 unspecified atom stereocenters. The SMILES string of the molecule is CCOCc1nc2c(N)nc3cc(CCC(=O)N4CCOCC4)ccc3c2n1CC(C)(C)O. The topological polar surface area (TPSA) is 116 Å². The maximum Gasteiger partial charge on any atom is 0.223 e. The summed E-state index contributed by atoms with van der Waals surface area (Å²) in [6, 6.07) is 6.02. The molecule has 33 heavy (non-hydrogen) atoms. The first-order chi connectivity index (χ1) is 15.8. The quantitative estimate of drug-likeness (QED) is 0.535. The van der Waals surface area contributed by atoms with Gasteiger partial charge in [-0.25, -0.2) is 9.97 Å². The Morgan fingerprint density at radius 3 is 2.73 bits per heavy atom. The lowest BCUT2D eigenvalue weighted by molar-refractivity contribution is -0.135. The zero-order chi connectivity index (χ0) is 23.6. The van der Waals surface area contributed by atoms with Crippen molar-refractivity contribution < 1.29 is 19.4 Å². The second-order valence-corrected chi connectivity index (χ2v) is 9.10. The monoisotopic (exact) mass is 455 g/mol. The van der Waals surface area contributed by atoms with Crippen LogP contribution in [0.2, 0.25) is 0 Å². The average Bonchev–Trinajstić information content (AvgIpc) is 3.14. The van der Waals surface area contributed by atoms with Crippen LogP contribution in [0.3, 0.4) is 0 Å². The summed E-state index contributed by atoms with van der Waals surface area (Å²) in [4.78, 5) is 23.7. The van der Waals surface area contributed by atoms with E-state index in [2.05, 4.69) is 4.98 Å². The number of carbonyl (C=O) groups excluding carboxylic acids is 1. The van der Waals surface area contributed by atoms with E-state index in [1.807, 2.05) is 34.6 Å². The van der Waals surface area contributed by atoms with Crippen molar-refractivity contribution in [2.75, 3.05) is 38.6 Å². The molecule has 4 rings (SSSR count). The van der Waals surface area contributed by atoms with Crippen molar-refractivity contribution in [2.45, 2.75) is 52.4 Å². The minimum Gasteiger partial charge on any atom is -0.389 e. The molecule has 0 saturated carbocycles. The van der Waals surface area contributed by atoms with Crippen LogP contribution in [0.4, 0.5) is 5.82 Å². The molecule has 1 amide bonds. The zero-order valence-corrected chi connectivity index (χ0v) is 19.6. The smallest absolute Gasteiger partial charge is 0.223 e. The third-order valence-corrected chi connectivity index (χ3v) is 5.82. The predicted octanol–water partition coefficient (Wildman–Crippen LogP) is 2.27. The lowest BCUT2D eigenvalue weighted by Gasteiger charge is -2.26. The van der Waals surface area contributed by atoms with E-state index in [-0.39, 0.29) is 5.91 Å². The van der Waals surface area contributed by atoms with Crippen molar-refractivity contribution in [3.63, 3.8) is 0 Å².